The number of halogens is 2. The Bertz CT molecular complexity index is 467. The van der Waals surface area contributed by atoms with E-state index < -0.39 is 11.6 Å². The van der Waals surface area contributed by atoms with Crippen LogP contribution in [0.4, 0.5) is 8.78 Å². The van der Waals surface area contributed by atoms with E-state index in [0.717, 1.165) is 38.5 Å². The van der Waals surface area contributed by atoms with Crippen molar-refractivity contribution in [3.05, 3.63) is 35.4 Å². The zero-order valence-corrected chi connectivity index (χ0v) is 12.3. The molecule has 1 aromatic carbocycles. The molecule has 0 aromatic heterocycles. The summed E-state index contributed by atoms with van der Waals surface area (Å²) in [6.45, 7) is 2.26. The van der Waals surface area contributed by atoms with E-state index in [-0.39, 0.29) is 12.3 Å². The summed E-state index contributed by atoms with van der Waals surface area (Å²) in [6, 6.07) is 3.21. The Morgan fingerprint density at radius 2 is 1.86 bits per heavy atom. The first-order chi connectivity index (χ1) is 10.0. The van der Waals surface area contributed by atoms with Gasteiger partial charge in [0.05, 0.1) is 6.42 Å². The summed E-state index contributed by atoms with van der Waals surface area (Å²) in [5.74, 6) is -0.821. The van der Waals surface area contributed by atoms with E-state index >= 15 is 0 Å². The van der Waals surface area contributed by atoms with Gasteiger partial charge >= 0.3 is 0 Å². The van der Waals surface area contributed by atoms with E-state index in [2.05, 4.69) is 0 Å². The van der Waals surface area contributed by atoms with Crippen molar-refractivity contribution in [2.75, 3.05) is 26.8 Å². The van der Waals surface area contributed by atoms with Crippen LogP contribution in [-0.4, -0.2) is 37.6 Å². The number of amides is 1. The highest BCUT2D eigenvalue weighted by Crippen LogP contribution is 2.18. The fourth-order valence-corrected chi connectivity index (χ4v) is 2.56. The normalized spacial score (nSPS) is 16.0. The lowest BCUT2D eigenvalue weighted by Gasteiger charge is -2.25. The molecule has 116 valence electrons. The van der Waals surface area contributed by atoms with E-state index in [9.17, 15) is 13.6 Å². The van der Waals surface area contributed by atoms with Crippen LogP contribution in [0, 0.1) is 17.6 Å². The molecule has 1 fully saturated rings. The zero-order valence-electron chi connectivity index (χ0n) is 12.3. The Kier molecular flexibility index (Phi) is 5.67. The van der Waals surface area contributed by atoms with Gasteiger partial charge in [0.25, 0.3) is 0 Å². The van der Waals surface area contributed by atoms with Crippen LogP contribution in [0.3, 0.4) is 0 Å². The lowest BCUT2D eigenvalue weighted by molar-refractivity contribution is -0.129. The summed E-state index contributed by atoms with van der Waals surface area (Å²) < 4.78 is 31.5. The molecule has 1 amide bonds. The van der Waals surface area contributed by atoms with Crippen molar-refractivity contribution in [3.8, 4) is 0 Å². The summed E-state index contributed by atoms with van der Waals surface area (Å²) in [5.41, 5.74) is 0.371. The Hall–Kier alpha value is -1.49. The number of likely N-dealkylation sites (N-methyl/N-ethyl adjacent to an activating group) is 1. The van der Waals surface area contributed by atoms with Crippen LogP contribution in [0.25, 0.3) is 0 Å². The van der Waals surface area contributed by atoms with Gasteiger partial charge in [-0.2, -0.15) is 0 Å². The molecule has 0 N–H and O–H groups in total. The Balaban J connectivity index is 1.81. The molecule has 1 aromatic rings. The number of carbonyl (C=O) groups excluding carboxylic acids is 1. The van der Waals surface area contributed by atoms with Gasteiger partial charge in [-0.3, -0.25) is 4.79 Å². The van der Waals surface area contributed by atoms with Crippen molar-refractivity contribution < 1.29 is 18.3 Å². The minimum Gasteiger partial charge on any atom is -0.381 e. The van der Waals surface area contributed by atoms with Crippen molar-refractivity contribution >= 4 is 5.91 Å². The van der Waals surface area contributed by atoms with Crippen molar-refractivity contribution in [1.82, 2.24) is 4.90 Å². The van der Waals surface area contributed by atoms with Crippen molar-refractivity contribution in [2.45, 2.75) is 25.7 Å². The summed E-state index contributed by atoms with van der Waals surface area (Å²) in [6.07, 6.45) is 3.05. The predicted octanol–water partition coefficient (Wildman–Crippen LogP) is 2.78. The molecule has 2 rings (SSSR count). The molecule has 0 saturated carbocycles. The zero-order chi connectivity index (χ0) is 15.2. The van der Waals surface area contributed by atoms with Crippen LogP contribution < -0.4 is 0 Å². The van der Waals surface area contributed by atoms with Gasteiger partial charge in [-0.1, -0.05) is 0 Å². The molecule has 1 aliphatic rings. The standard InChI is InChI=1S/C16H21F2NO2/c1-19(5-2-12-3-6-21-7-4-12)16(20)10-13-8-14(17)11-15(18)9-13/h8-9,11-12H,2-7,10H2,1H3. The van der Waals surface area contributed by atoms with E-state index in [4.69, 9.17) is 4.74 Å². The number of carbonyl (C=O) groups is 1. The van der Waals surface area contributed by atoms with Crippen LogP contribution in [0.15, 0.2) is 18.2 Å². The van der Waals surface area contributed by atoms with E-state index in [0.29, 0.717) is 18.0 Å². The van der Waals surface area contributed by atoms with Gasteiger partial charge < -0.3 is 9.64 Å². The highest BCUT2D eigenvalue weighted by atomic mass is 19.1. The predicted molar refractivity (Wildman–Crippen MR) is 75.9 cm³/mol. The summed E-state index contributed by atoms with van der Waals surface area (Å²) in [4.78, 5) is 13.7. The average molecular weight is 297 g/mol. The molecule has 0 atom stereocenters. The maximum absolute atomic E-state index is 13.1. The largest absolute Gasteiger partial charge is 0.381 e. The average Bonchev–Trinajstić information content (AvgIpc) is 2.44. The van der Waals surface area contributed by atoms with Crippen LogP contribution >= 0.6 is 0 Å². The number of benzene rings is 1. The second kappa shape index (κ2) is 7.50. The lowest BCUT2D eigenvalue weighted by atomic mass is 9.96. The van der Waals surface area contributed by atoms with Crippen LogP contribution in [-0.2, 0) is 16.0 Å². The van der Waals surface area contributed by atoms with Gasteiger partial charge in [-0.15, -0.1) is 0 Å². The highest BCUT2D eigenvalue weighted by Gasteiger charge is 2.16. The molecule has 5 heteroatoms. The van der Waals surface area contributed by atoms with Gasteiger partial charge in [0.2, 0.25) is 5.91 Å². The number of rotatable bonds is 5. The number of hydrogen-bond donors (Lipinski definition) is 0. The Labute approximate surface area is 123 Å². The first kappa shape index (κ1) is 15.9. The van der Waals surface area contributed by atoms with Crippen LogP contribution in [0.2, 0.25) is 0 Å². The van der Waals surface area contributed by atoms with Crippen molar-refractivity contribution in [2.24, 2.45) is 5.92 Å². The minimum atomic E-state index is -0.650. The van der Waals surface area contributed by atoms with Crippen molar-refractivity contribution in [3.63, 3.8) is 0 Å². The summed E-state index contributed by atoms with van der Waals surface area (Å²) >= 11 is 0. The third-order valence-corrected chi connectivity index (χ3v) is 3.92. The van der Waals surface area contributed by atoms with E-state index in [1.165, 1.54) is 12.1 Å². The van der Waals surface area contributed by atoms with E-state index in [1.807, 2.05) is 0 Å². The number of hydrogen-bond acceptors (Lipinski definition) is 2. The molecule has 1 heterocycles. The molecule has 3 nitrogen and oxygen atoms in total. The monoisotopic (exact) mass is 297 g/mol. The third-order valence-electron chi connectivity index (χ3n) is 3.92. The molecular weight excluding hydrogens is 276 g/mol. The highest BCUT2D eigenvalue weighted by molar-refractivity contribution is 5.78. The SMILES string of the molecule is CN(CCC1CCOCC1)C(=O)Cc1cc(F)cc(F)c1. The van der Waals surface area contributed by atoms with Crippen molar-refractivity contribution in [1.29, 1.82) is 0 Å². The molecular formula is C16H21F2NO2. The second-order valence-corrected chi connectivity index (χ2v) is 5.61. The third kappa shape index (κ3) is 5.08. The van der Waals surface area contributed by atoms with Gasteiger partial charge in [-0.05, 0) is 42.9 Å². The topological polar surface area (TPSA) is 29.5 Å². The van der Waals surface area contributed by atoms with Gasteiger partial charge in [-0.25, -0.2) is 8.78 Å². The lowest BCUT2D eigenvalue weighted by Crippen LogP contribution is -2.31. The fourth-order valence-electron chi connectivity index (χ4n) is 2.56. The molecule has 0 radical (unpaired) electrons. The molecule has 0 spiro atoms. The van der Waals surface area contributed by atoms with E-state index in [1.54, 1.807) is 11.9 Å². The maximum Gasteiger partial charge on any atom is 0.226 e. The molecule has 0 bridgehead atoms. The maximum atomic E-state index is 13.1. The molecule has 1 aliphatic heterocycles. The molecule has 0 unspecified atom stereocenters. The summed E-state index contributed by atoms with van der Waals surface area (Å²) in [7, 11) is 1.73. The number of nitrogens with zero attached hydrogens (tertiary/aromatic N) is 1. The van der Waals surface area contributed by atoms with Gasteiger partial charge in [0, 0.05) is 32.9 Å². The first-order valence-electron chi connectivity index (χ1n) is 7.31. The Morgan fingerprint density at radius 3 is 2.48 bits per heavy atom. The van der Waals surface area contributed by atoms with Crippen LogP contribution in [0.5, 0.6) is 0 Å². The number of ether oxygens (including phenoxy) is 1. The smallest absolute Gasteiger partial charge is 0.226 e. The van der Waals surface area contributed by atoms with Gasteiger partial charge in [0.1, 0.15) is 11.6 Å². The minimum absolute atomic E-state index is 0.0267. The van der Waals surface area contributed by atoms with Crippen LogP contribution in [0.1, 0.15) is 24.8 Å². The molecule has 21 heavy (non-hydrogen) atoms. The fraction of sp³-hybridized carbons (Fsp3) is 0.562. The quantitative estimate of drug-likeness (QED) is 0.836. The molecule has 1 saturated heterocycles. The second-order valence-electron chi connectivity index (χ2n) is 5.61. The molecule has 0 aliphatic carbocycles. The Morgan fingerprint density at radius 1 is 1.24 bits per heavy atom. The summed E-state index contributed by atoms with van der Waals surface area (Å²) in [5, 5.41) is 0. The van der Waals surface area contributed by atoms with Gasteiger partial charge in [0.15, 0.2) is 0 Å². The first-order valence-corrected chi connectivity index (χ1v) is 7.31.